The summed E-state index contributed by atoms with van der Waals surface area (Å²) in [6.07, 6.45) is 7.58. The standard InChI is InChI=1S/C31H48N2O4/c1-18(7-6-14-33-25-9-5-4-8-21(25)29(32)37)22-10-11-23-28-24(17-27(36)31(22,23)3)30(2)13-12-20(34)15-19(30)16-26(28)35/h4-5,8-9,18-20,22-24,26-28,33-36H,6-7,10-17H2,1-3H3,(H2,32,37)/t18-,19+,20-,22-,23+,24+,26-,27+,28+,30+,31-/m1/s1. The average molecular weight is 513 g/mol. The molecule has 37 heavy (non-hydrogen) atoms. The Kier molecular flexibility index (Phi) is 7.40. The van der Waals surface area contributed by atoms with E-state index in [1.165, 1.54) is 0 Å². The second-order valence-corrected chi connectivity index (χ2v) is 13.5. The van der Waals surface area contributed by atoms with Crippen molar-refractivity contribution in [3.05, 3.63) is 29.8 Å². The fourth-order valence-corrected chi connectivity index (χ4v) is 9.83. The normalized spacial score (nSPS) is 43.8. The summed E-state index contributed by atoms with van der Waals surface area (Å²) in [5.41, 5.74) is 6.78. The van der Waals surface area contributed by atoms with Crippen LogP contribution in [0.25, 0.3) is 0 Å². The fraction of sp³-hybridized carbons (Fsp3) is 0.774. The van der Waals surface area contributed by atoms with Crippen molar-refractivity contribution in [2.24, 2.45) is 52.1 Å². The zero-order chi connectivity index (χ0) is 26.5. The molecule has 0 aliphatic heterocycles. The Morgan fingerprint density at radius 3 is 2.59 bits per heavy atom. The molecular weight excluding hydrogens is 464 g/mol. The van der Waals surface area contributed by atoms with E-state index in [0.717, 1.165) is 70.0 Å². The van der Waals surface area contributed by atoms with Crippen LogP contribution in [0, 0.1) is 46.3 Å². The lowest BCUT2D eigenvalue weighted by Gasteiger charge is -2.63. The van der Waals surface area contributed by atoms with Gasteiger partial charge >= 0.3 is 0 Å². The van der Waals surface area contributed by atoms with E-state index < -0.39 is 5.91 Å². The van der Waals surface area contributed by atoms with Crippen LogP contribution in [-0.2, 0) is 0 Å². The Labute approximate surface area is 222 Å². The minimum atomic E-state index is -0.416. The van der Waals surface area contributed by atoms with Crippen LogP contribution in [0.3, 0.4) is 0 Å². The van der Waals surface area contributed by atoms with Crippen LogP contribution in [0.2, 0.25) is 0 Å². The highest BCUT2D eigenvalue weighted by atomic mass is 16.3. The molecule has 4 aliphatic rings. The van der Waals surface area contributed by atoms with Gasteiger partial charge in [-0.15, -0.1) is 0 Å². The molecule has 0 heterocycles. The van der Waals surface area contributed by atoms with Gasteiger partial charge in [-0.2, -0.15) is 0 Å². The Morgan fingerprint density at radius 1 is 1.08 bits per heavy atom. The minimum Gasteiger partial charge on any atom is -0.393 e. The number of hydrogen-bond donors (Lipinski definition) is 5. The second kappa shape index (κ2) is 10.2. The topological polar surface area (TPSA) is 116 Å². The number of hydrogen-bond acceptors (Lipinski definition) is 5. The second-order valence-electron chi connectivity index (χ2n) is 13.5. The Hall–Kier alpha value is -1.63. The maximum absolute atomic E-state index is 11.8. The van der Waals surface area contributed by atoms with Gasteiger partial charge in [-0.25, -0.2) is 0 Å². The van der Waals surface area contributed by atoms with E-state index in [0.29, 0.717) is 35.2 Å². The molecule has 0 bridgehead atoms. The fourth-order valence-electron chi connectivity index (χ4n) is 9.83. The summed E-state index contributed by atoms with van der Waals surface area (Å²) < 4.78 is 0. The molecular formula is C31H48N2O4. The SMILES string of the molecule is C[C@H](CCCNc1ccccc1C(N)=O)[C@H]1CC[C@H]2[C@@H]3[C@H](O)C[C@@H]4C[C@H](O)CC[C@]4(C)[C@H]3C[C@H](O)[C@]12C. The molecule has 0 saturated heterocycles. The molecule has 1 aromatic carbocycles. The summed E-state index contributed by atoms with van der Waals surface area (Å²) in [7, 11) is 0. The first-order valence-corrected chi connectivity index (χ1v) is 14.7. The summed E-state index contributed by atoms with van der Waals surface area (Å²) in [5, 5.41) is 36.9. The average Bonchev–Trinajstić information content (AvgIpc) is 3.22. The number of carbonyl (C=O) groups is 1. The molecule has 4 saturated carbocycles. The van der Waals surface area contributed by atoms with Gasteiger partial charge in [0, 0.05) is 12.2 Å². The lowest BCUT2D eigenvalue weighted by Crippen LogP contribution is -2.62. The Bertz CT molecular complexity index is 986. The number of benzene rings is 1. The number of rotatable bonds is 7. The van der Waals surface area contributed by atoms with Crippen LogP contribution in [0.5, 0.6) is 0 Å². The van der Waals surface area contributed by atoms with Crippen molar-refractivity contribution in [3.8, 4) is 0 Å². The van der Waals surface area contributed by atoms with Crippen molar-refractivity contribution in [3.63, 3.8) is 0 Å². The summed E-state index contributed by atoms with van der Waals surface area (Å²) in [4.78, 5) is 11.7. The van der Waals surface area contributed by atoms with Crippen LogP contribution >= 0.6 is 0 Å². The van der Waals surface area contributed by atoms with Gasteiger partial charge in [-0.05, 0) is 116 Å². The third-order valence-corrected chi connectivity index (χ3v) is 11.9. The van der Waals surface area contributed by atoms with Crippen LogP contribution in [0.1, 0.15) is 88.9 Å². The van der Waals surface area contributed by atoms with Gasteiger partial charge in [0.15, 0.2) is 0 Å². The molecule has 1 amide bonds. The number of aliphatic hydroxyl groups is 3. The van der Waals surface area contributed by atoms with Crippen molar-refractivity contribution in [1.82, 2.24) is 0 Å². The van der Waals surface area contributed by atoms with E-state index in [4.69, 9.17) is 5.73 Å². The highest BCUT2D eigenvalue weighted by Crippen LogP contribution is 2.68. The first-order chi connectivity index (χ1) is 17.6. The van der Waals surface area contributed by atoms with Crippen LogP contribution in [-0.4, -0.2) is 46.1 Å². The van der Waals surface area contributed by atoms with Crippen molar-refractivity contribution in [2.75, 3.05) is 11.9 Å². The summed E-state index contributed by atoms with van der Waals surface area (Å²) in [6.45, 7) is 7.82. The maximum Gasteiger partial charge on any atom is 0.250 e. The number of carbonyl (C=O) groups excluding carboxylic acids is 1. The summed E-state index contributed by atoms with van der Waals surface area (Å²) in [6, 6.07) is 7.38. The largest absolute Gasteiger partial charge is 0.393 e. The van der Waals surface area contributed by atoms with Gasteiger partial charge in [0.25, 0.3) is 5.91 Å². The molecule has 206 valence electrons. The van der Waals surface area contributed by atoms with Crippen LogP contribution < -0.4 is 11.1 Å². The molecule has 6 heteroatoms. The number of amides is 1. The van der Waals surface area contributed by atoms with Gasteiger partial charge in [0.1, 0.15) is 0 Å². The highest BCUT2D eigenvalue weighted by molar-refractivity contribution is 5.98. The molecule has 0 radical (unpaired) electrons. The molecule has 0 spiro atoms. The number of anilines is 1. The predicted octanol–water partition coefficient (Wildman–Crippen LogP) is 4.58. The molecule has 6 N–H and O–H groups in total. The number of para-hydroxylation sites is 1. The summed E-state index contributed by atoms with van der Waals surface area (Å²) >= 11 is 0. The van der Waals surface area contributed by atoms with Crippen LogP contribution in [0.15, 0.2) is 24.3 Å². The van der Waals surface area contributed by atoms with Gasteiger partial charge in [0.2, 0.25) is 0 Å². The van der Waals surface area contributed by atoms with E-state index in [2.05, 4.69) is 26.1 Å². The lowest BCUT2D eigenvalue weighted by atomic mass is 9.43. The van der Waals surface area contributed by atoms with E-state index >= 15 is 0 Å². The predicted molar refractivity (Wildman–Crippen MR) is 146 cm³/mol. The first kappa shape index (κ1) is 27.0. The molecule has 11 atom stereocenters. The van der Waals surface area contributed by atoms with Crippen molar-refractivity contribution >= 4 is 11.6 Å². The number of fused-ring (bicyclic) bond motifs is 5. The Balaban J connectivity index is 1.25. The molecule has 4 aliphatic carbocycles. The van der Waals surface area contributed by atoms with E-state index in [9.17, 15) is 20.1 Å². The van der Waals surface area contributed by atoms with E-state index in [-0.39, 0.29) is 35.1 Å². The smallest absolute Gasteiger partial charge is 0.250 e. The first-order valence-electron chi connectivity index (χ1n) is 14.7. The highest BCUT2D eigenvalue weighted by Gasteiger charge is 2.65. The molecule has 4 fully saturated rings. The monoisotopic (exact) mass is 512 g/mol. The Morgan fingerprint density at radius 2 is 1.84 bits per heavy atom. The van der Waals surface area contributed by atoms with E-state index in [1.807, 2.05) is 18.2 Å². The third kappa shape index (κ3) is 4.51. The van der Waals surface area contributed by atoms with Crippen molar-refractivity contribution < 1.29 is 20.1 Å². The van der Waals surface area contributed by atoms with Gasteiger partial charge in [-0.3, -0.25) is 4.79 Å². The maximum atomic E-state index is 11.8. The number of aliphatic hydroxyl groups excluding tert-OH is 3. The third-order valence-electron chi connectivity index (χ3n) is 11.9. The zero-order valence-electron chi connectivity index (χ0n) is 22.9. The number of nitrogens with one attached hydrogen (secondary N) is 1. The molecule has 6 nitrogen and oxygen atoms in total. The molecule has 1 aromatic rings. The van der Waals surface area contributed by atoms with Crippen molar-refractivity contribution in [2.45, 2.75) is 96.9 Å². The van der Waals surface area contributed by atoms with Gasteiger partial charge in [-0.1, -0.05) is 32.9 Å². The molecule has 0 unspecified atom stereocenters. The summed E-state index contributed by atoms with van der Waals surface area (Å²) in [5.74, 6) is 1.81. The van der Waals surface area contributed by atoms with Gasteiger partial charge in [0.05, 0.1) is 23.9 Å². The quantitative estimate of drug-likeness (QED) is 0.343. The van der Waals surface area contributed by atoms with E-state index in [1.54, 1.807) is 6.07 Å². The lowest BCUT2D eigenvalue weighted by molar-refractivity contribution is -0.207. The molecule has 5 rings (SSSR count). The number of nitrogens with two attached hydrogens (primary N) is 1. The van der Waals surface area contributed by atoms with Crippen molar-refractivity contribution in [1.29, 1.82) is 0 Å². The van der Waals surface area contributed by atoms with Gasteiger partial charge < -0.3 is 26.4 Å². The zero-order valence-corrected chi connectivity index (χ0v) is 22.9. The molecule has 0 aromatic heterocycles. The minimum absolute atomic E-state index is 0.113. The van der Waals surface area contributed by atoms with Crippen LogP contribution in [0.4, 0.5) is 5.69 Å². The number of primary amides is 1.